The smallest absolute Gasteiger partial charge is 0.258 e. The largest absolute Gasteiger partial charge is 0.495 e. The van der Waals surface area contributed by atoms with E-state index in [1.807, 2.05) is 0 Å². The summed E-state index contributed by atoms with van der Waals surface area (Å²) in [6.45, 7) is 0.430. The number of H-pyrrole nitrogens is 1. The normalized spacial score (nSPS) is 15.9. The molecule has 0 fully saturated rings. The van der Waals surface area contributed by atoms with Crippen molar-refractivity contribution in [2.24, 2.45) is 0 Å². The number of fused-ring (bicyclic) bond motifs is 3. The molecule has 9 nitrogen and oxygen atoms in total. The summed E-state index contributed by atoms with van der Waals surface area (Å²) in [6.07, 6.45) is 5.45. The molecule has 5 heterocycles. The molecule has 5 aromatic rings. The summed E-state index contributed by atoms with van der Waals surface area (Å²) in [6, 6.07) is 7.07. The van der Waals surface area contributed by atoms with Crippen LogP contribution < -0.4 is 4.74 Å². The first kappa shape index (κ1) is 18.6. The van der Waals surface area contributed by atoms with E-state index in [0.717, 1.165) is 5.69 Å². The summed E-state index contributed by atoms with van der Waals surface area (Å²) >= 11 is 0. The van der Waals surface area contributed by atoms with Crippen molar-refractivity contribution in [3.63, 3.8) is 0 Å². The molecular weight excluding hydrogens is 415 g/mol. The van der Waals surface area contributed by atoms with Crippen LogP contribution in [0, 0.1) is 5.82 Å². The number of benzene rings is 1. The molecule has 6 rings (SSSR count). The second kappa shape index (κ2) is 6.91. The summed E-state index contributed by atoms with van der Waals surface area (Å²) in [5.74, 6) is 0.286. The van der Waals surface area contributed by atoms with E-state index in [0.29, 0.717) is 46.6 Å². The Labute approximate surface area is 180 Å². The average molecular weight is 432 g/mol. The molecule has 32 heavy (non-hydrogen) atoms. The van der Waals surface area contributed by atoms with E-state index in [1.165, 1.54) is 24.4 Å². The van der Waals surface area contributed by atoms with Gasteiger partial charge in [0.2, 0.25) is 5.89 Å². The Bertz CT molecular complexity index is 1490. The van der Waals surface area contributed by atoms with Crippen LogP contribution in [0.15, 0.2) is 53.5 Å². The van der Waals surface area contributed by atoms with Crippen molar-refractivity contribution in [2.45, 2.75) is 12.5 Å². The molecule has 1 aliphatic heterocycles. The molecule has 0 saturated carbocycles. The maximum absolute atomic E-state index is 13.7. The molecule has 1 atom stereocenters. The first-order valence-electron chi connectivity index (χ1n) is 10.0. The minimum Gasteiger partial charge on any atom is -0.495 e. The molecule has 0 unspecified atom stereocenters. The van der Waals surface area contributed by atoms with Crippen molar-refractivity contribution in [1.82, 2.24) is 29.5 Å². The highest BCUT2D eigenvalue weighted by molar-refractivity contribution is 6.01. The first-order valence-corrected chi connectivity index (χ1v) is 10.0. The molecule has 0 radical (unpaired) electrons. The topological polar surface area (TPSA) is 102 Å². The van der Waals surface area contributed by atoms with Crippen LogP contribution in [-0.2, 0) is 6.42 Å². The Morgan fingerprint density at radius 2 is 2.22 bits per heavy atom. The van der Waals surface area contributed by atoms with Crippen molar-refractivity contribution in [2.75, 3.05) is 13.7 Å². The number of carbonyl (C=O) groups excluding carboxylic acids is 1. The van der Waals surface area contributed by atoms with Crippen LogP contribution in [0.3, 0.4) is 0 Å². The van der Waals surface area contributed by atoms with Crippen molar-refractivity contribution in [3.8, 4) is 5.75 Å². The average Bonchev–Trinajstić information content (AvgIpc) is 3.54. The zero-order valence-corrected chi connectivity index (χ0v) is 16.9. The molecule has 0 saturated heterocycles. The fourth-order valence-electron chi connectivity index (χ4n) is 4.19. The summed E-state index contributed by atoms with van der Waals surface area (Å²) in [5, 5.41) is 4.31. The fraction of sp³-hybridized carbons (Fsp3) is 0.182. The molecule has 1 aromatic carbocycles. The number of methoxy groups -OCH3 is 1. The first-order chi connectivity index (χ1) is 15.6. The molecule has 1 aliphatic rings. The van der Waals surface area contributed by atoms with Crippen LogP contribution in [0.2, 0.25) is 0 Å². The number of carbonyl (C=O) groups is 1. The number of imidazole rings is 1. The number of hydrogen-bond donors (Lipinski definition) is 1. The number of hydrogen-bond acceptors (Lipinski definition) is 6. The van der Waals surface area contributed by atoms with Gasteiger partial charge in [0.05, 0.1) is 42.6 Å². The maximum atomic E-state index is 13.7. The van der Waals surface area contributed by atoms with Gasteiger partial charge in [-0.05, 0) is 24.3 Å². The van der Waals surface area contributed by atoms with E-state index >= 15 is 0 Å². The third kappa shape index (κ3) is 2.76. The number of aromatic nitrogens is 5. The van der Waals surface area contributed by atoms with E-state index < -0.39 is 11.9 Å². The number of oxazole rings is 1. The van der Waals surface area contributed by atoms with Crippen LogP contribution >= 0.6 is 0 Å². The molecule has 4 aromatic heterocycles. The number of pyridine rings is 1. The zero-order valence-electron chi connectivity index (χ0n) is 16.9. The van der Waals surface area contributed by atoms with Crippen LogP contribution in [0.5, 0.6) is 5.75 Å². The number of rotatable bonds is 3. The van der Waals surface area contributed by atoms with Gasteiger partial charge in [0.15, 0.2) is 11.6 Å². The predicted octanol–water partition coefficient (Wildman–Crippen LogP) is 3.13. The Balaban J connectivity index is 1.46. The van der Waals surface area contributed by atoms with Crippen molar-refractivity contribution < 1.29 is 18.3 Å². The van der Waals surface area contributed by atoms with E-state index in [4.69, 9.17) is 9.15 Å². The SMILES string of the molecule is COc1ccc2c(C(=O)N3CCc4[nH]cnc4[C@H]3c3nc4cc(F)ccc4o3)cnn2c1. The maximum Gasteiger partial charge on any atom is 0.258 e. The van der Waals surface area contributed by atoms with Crippen LogP contribution in [0.25, 0.3) is 16.6 Å². The Hall–Kier alpha value is -4.21. The number of amides is 1. The van der Waals surface area contributed by atoms with Gasteiger partial charge in [0, 0.05) is 24.7 Å². The number of ether oxygens (including phenoxy) is 1. The summed E-state index contributed by atoms with van der Waals surface area (Å²) in [4.78, 5) is 27.4. The second-order valence-electron chi connectivity index (χ2n) is 7.54. The van der Waals surface area contributed by atoms with Gasteiger partial charge in [-0.2, -0.15) is 5.10 Å². The fourth-order valence-corrected chi connectivity index (χ4v) is 4.19. The molecule has 0 spiro atoms. The number of nitrogens with one attached hydrogen (secondary N) is 1. The number of nitrogens with zero attached hydrogens (tertiary/aromatic N) is 5. The van der Waals surface area contributed by atoms with E-state index in [9.17, 15) is 9.18 Å². The molecule has 1 amide bonds. The Morgan fingerprint density at radius 3 is 3.09 bits per heavy atom. The van der Waals surface area contributed by atoms with E-state index in [1.54, 1.807) is 41.2 Å². The second-order valence-corrected chi connectivity index (χ2v) is 7.54. The van der Waals surface area contributed by atoms with Gasteiger partial charge in [0.25, 0.3) is 5.91 Å². The van der Waals surface area contributed by atoms with Crippen LogP contribution in [-0.4, -0.2) is 49.0 Å². The van der Waals surface area contributed by atoms with Gasteiger partial charge in [-0.25, -0.2) is 18.9 Å². The van der Waals surface area contributed by atoms with Crippen molar-refractivity contribution >= 4 is 22.5 Å². The lowest BCUT2D eigenvalue weighted by Gasteiger charge is -2.32. The third-order valence-electron chi connectivity index (χ3n) is 5.74. The van der Waals surface area contributed by atoms with Crippen LogP contribution in [0.1, 0.15) is 33.7 Å². The van der Waals surface area contributed by atoms with Gasteiger partial charge in [-0.15, -0.1) is 0 Å². The Morgan fingerprint density at radius 1 is 1.31 bits per heavy atom. The lowest BCUT2D eigenvalue weighted by molar-refractivity contribution is 0.0669. The molecule has 1 N–H and O–H groups in total. The highest BCUT2D eigenvalue weighted by Gasteiger charge is 2.38. The molecule has 10 heteroatoms. The van der Waals surface area contributed by atoms with Gasteiger partial charge >= 0.3 is 0 Å². The quantitative estimate of drug-likeness (QED) is 0.470. The molecule has 0 bridgehead atoms. The highest BCUT2D eigenvalue weighted by Crippen LogP contribution is 2.36. The van der Waals surface area contributed by atoms with Crippen LogP contribution in [0.4, 0.5) is 4.39 Å². The van der Waals surface area contributed by atoms with Gasteiger partial charge < -0.3 is 19.0 Å². The predicted molar refractivity (Wildman–Crippen MR) is 111 cm³/mol. The lowest BCUT2D eigenvalue weighted by Crippen LogP contribution is -2.40. The van der Waals surface area contributed by atoms with E-state index in [2.05, 4.69) is 20.1 Å². The summed E-state index contributed by atoms with van der Waals surface area (Å²) in [7, 11) is 1.57. The lowest BCUT2D eigenvalue weighted by atomic mass is 10.0. The summed E-state index contributed by atoms with van der Waals surface area (Å²) < 4.78 is 26.5. The minimum atomic E-state index is -0.652. The van der Waals surface area contributed by atoms with Gasteiger partial charge in [0.1, 0.15) is 17.1 Å². The highest BCUT2D eigenvalue weighted by atomic mass is 19.1. The monoisotopic (exact) mass is 432 g/mol. The molecule has 160 valence electrons. The third-order valence-corrected chi connectivity index (χ3v) is 5.74. The Kier molecular flexibility index (Phi) is 4.00. The van der Waals surface area contributed by atoms with Gasteiger partial charge in [-0.1, -0.05) is 0 Å². The van der Waals surface area contributed by atoms with Crippen molar-refractivity contribution in [3.05, 3.63) is 77.7 Å². The zero-order chi connectivity index (χ0) is 21.8. The standard InChI is InChI=1S/C22H17FN6O3/c1-31-13-3-4-17-14(9-26-29(17)10-13)22(30)28-7-6-15-19(25-11-24-15)20(28)21-27-16-8-12(23)2-5-18(16)32-21/h2-5,8-11,20H,6-7H2,1H3,(H,24,25)/t20-/m0/s1. The summed E-state index contributed by atoms with van der Waals surface area (Å²) in [5.41, 5.74) is 3.50. The van der Waals surface area contributed by atoms with E-state index in [-0.39, 0.29) is 11.8 Å². The number of aromatic amines is 1. The molecule has 0 aliphatic carbocycles. The number of halogens is 1. The van der Waals surface area contributed by atoms with Gasteiger partial charge in [-0.3, -0.25) is 4.79 Å². The minimum absolute atomic E-state index is 0.225. The van der Waals surface area contributed by atoms with Crippen molar-refractivity contribution in [1.29, 1.82) is 0 Å². The molecular formula is C22H17FN6O3.